The molecule has 0 spiro atoms. The van der Waals surface area contributed by atoms with Crippen molar-refractivity contribution in [2.75, 3.05) is 14.2 Å². The Morgan fingerprint density at radius 2 is 1.44 bits per heavy atom. The van der Waals surface area contributed by atoms with Crippen molar-refractivity contribution in [2.45, 2.75) is 31.0 Å². The Bertz CT molecular complexity index is 652. The molecule has 1 aliphatic rings. The number of ether oxygens (including phenoxy) is 3. The molecule has 1 N–H and O–H groups in total. The highest BCUT2D eigenvalue weighted by atomic mass is 16.5. The molecule has 1 aliphatic heterocycles. The van der Waals surface area contributed by atoms with Gasteiger partial charge in [-0.25, -0.2) is 4.79 Å². The van der Waals surface area contributed by atoms with Gasteiger partial charge >= 0.3 is 5.97 Å². The van der Waals surface area contributed by atoms with Crippen LogP contribution in [0.3, 0.4) is 0 Å². The minimum Gasteiger partial charge on any atom is -0.497 e. The van der Waals surface area contributed by atoms with E-state index in [2.05, 4.69) is 0 Å². The first-order valence-electron chi connectivity index (χ1n) is 8.27. The average molecular weight is 342 g/mol. The van der Waals surface area contributed by atoms with E-state index in [1.165, 1.54) is 0 Å². The molecule has 0 saturated carbocycles. The molecule has 1 saturated heterocycles. The van der Waals surface area contributed by atoms with Crippen LogP contribution in [-0.2, 0) is 9.53 Å². The summed E-state index contributed by atoms with van der Waals surface area (Å²) in [4.78, 5) is 11.5. The van der Waals surface area contributed by atoms with Crippen LogP contribution < -0.4 is 9.47 Å². The fourth-order valence-electron chi connectivity index (χ4n) is 3.26. The number of rotatable bonds is 5. The first-order valence-corrected chi connectivity index (χ1v) is 8.27. The Kier molecular flexibility index (Phi) is 5.24. The molecule has 1 heterocycles. The van der Waals surface area contributed by atoms with Crippen LogP contribution in [0.4, 0.5) is 0 Å². The Labute approximate surface area is 147 Å². The lowest BCUT2D eigenvalue weighted by atomic mass is 9.84. The average Bonchev–Trinajstić information content (AvgIpc) is 2.67. The largest absolute Gasteiger partial charge is 0.497 e. The van der Waals surface area contributed by atoms with Crippen LogP contribution in [0.1, 0.15) is 36.0 Å². The van der Waals surface area contributed by atoms with Gasteiger partial charge in [0.05, 0.1) is 20.3 Å². The number of benzene rings is 2. The molecule has 0 radical (unpaired) electrons. The lowest BCUT2D eigenvalue weighted by Crippen LogP contribution is -2.33. The van der Waals surface area contributed by atoms with Crippen molar-refractivity contribution in [3.8, 4) is 11.5 Å². The molecule has 2 aromatic carbocycles. The number of methoxy groups -OCH3 is 2. The standard InChI is InChI=1S/C20H22O5/c1-23-16-7-3-13(4-8-16)15-11-18(25-19(12-15)20(21)22)14-5-9-17(24-2)10-6-14/h3-10,15,18-19H,11-12H2,1-2H3,(H,21,22)/t15-,18-,19+/m1/s1. The molecule has 2 aromatic rings. The van der Waals surface area contributed by atoms with Crippen LogP contribution in [0.2, 0.25) is 0 Å². The molecule has 1 fully saturated rings. The maximum atomic E-state index is 11.5. The SMILES string of the molecule is COc1ccc([C@H]2C[C@@H](C(=O)O)O[C@@H](c3ccc(OC)cc3)C2)cc1. The van der Waals surface area contributed by atoms with Crippen molar-refractivity contribution < 1.29 is 24.1 Å². The van der Waals surface area contributed by atoms with Gasteiger partial charge in [-0.05, 0) is 54.2 Å². The van der Waals surface area contributed by atoms with Crippen LogP contribution in [-0.4, -0.2) is 31.4 Å². The van der Waals surface area contributed by atoms with Crippen LogP contribution in [0.15, 0.2) is 48.5 Å². The molecule has 5 heteroatoms. The third-order valence-corrected chi connectivity index (χ3v) is 4.68. The molecule has 0 unspecified atom stereocenters. The lowest BCUT2D eigenvalue weighted by Gasteiger charge is -2.34. The molecule has 3 rings (SSSR count). The summed E-state index contributed by atoms with van der Waals surface area (Å²) in [6.45, 7) is 0. The molecular weight excluding hydrogens is 320 g/mol. The van der Waals surface area contributed by atoms with Crippen LogP contribution in [0, 0.1) is 0 Å². The van der Waals surface area contributed by atoms with E-state index in [0.717, 1.165) is 29.0 Å². The van der Waals surface area contributed by atoms with Gasteiger partial charge in [0, 0.05) is 0 Å². The monoisotopic (exact) mass is 342 g/mol. The topological polar surface area (TPSA) is 65.0 Å². The summed E-state index contributed by atoms with van der Waals surface area (Å²) in [5.74, 6) is 0.753. The molecule has 0 aliphatic carbocycles. The van der Waals surface area contributed by atoms with Crippen molar-refractivity contribution in [2.24, 2.45) is 0 Å². The zero-order valence-corrected chi connectivity index (χ0v) is 14.3. The third-order valence-electron chi connectivity index (χ3n) is 4.68. The molecular formula is C20H22O5. The van der Waals surface area contributed by atoms with E-state index in [9.17, 15) is 9.90 Å². The Balaban J connectivity index is 1.84. The van der Waals surface area contributed by atoms with Gasteiger partial charge in [-0.15, -0.1) is 0 Å². The fourth-order valence-corrected chi connectivity index (χ4v) is 3.26. The first kappa shape index (κ1) is 17.3. The molecule has 25 heavy (non-hydrogen) atoms. The number of carboxylic acids is 1. The summed E-state index contributed by atoms with van der Waals surface area (Å²) < 4.78 is 16.2. The van der Waals surface area contributed by atoms with Gasteiger partial charge in [-0.2, -0.15) is 0 Å². The van der Waals surface area contributed by atoms with Crippen molar-refractivity contribution in [1.82, 2.24) is 0 Å². The number of aliphatic carboxylic acids is 1. The van der Waals surface area contributed by atoms with E-state index in [0.29, 0.717) is 6.42 Å². The van der Waals surface area contributed by atoms with Crippen LogP contribution >= 0.6 is 0 Å². The van der Waals surface area contributed by atoms with E-state index in [-0.39, 0.29) is 12.0 Å². The number of carbonyl (C=O) groups is 1. The molecule has 0 aromatic heterocycles. The summed E-state index contributed by atoms with van der Waals surface area (Å²) in [5, 5.41) is 9.47. The number of carboxylic acid groups (broad SMARTS) is 1. The molecule has 5 nitrogen and oxygen atoms in total. The van der Waals surface area contributed by atoms with Crippen LogP contribution in [0.5, 0.6) is 11.5 Å². The Hall–Kier alpha value is -2.53. The van der Waals surface area contributed by atoms with Crippen molar-refractivity contribution >= 4 is 5.97 Å². The van der Waals surface area contributed by atoms with Gasteiger partial charge in [0.2, 0.25) is 0 Å². The van der Waals surface area contributed by atoms with Gasteiger partial charge in [0.25, 0.3) is 0 Å². The second-order valence-corrected chi connectivity index (χ2v) is 6.17. The zero-order chi connectivity index (χ0) is 17.8. The Morgan fingerprint density at radius 3 is 1.92 bits per heavy atom. The molecule has 0 bridgehead atoms. The van der Waals surface area contributed by atoms with Gasteiger partial charge in [-0.3, -0.25) is 0 Å². The smallest absolute Gasteiger partial charge is 0.332 e. The highest BCUT2D eigenvalue weighted by molar-refractivity contribution is 5.72. The Morgan fingerprint density at radius 1 is 0.920 bits per heavy atom. The van der Waals surface area contributed by atoms with E-state index in [1.807, 2.05) is 48.5 Å². The second kappa shape index (κ2) is 7.57. The maximum absolute atomic E-state index is 11.5. The van der Waals surface area contributed by atoms with Gasteiger partial charge in [0.1, 0.15) is 11.5 Å². The normalized spacial score (nSPS) is 23.0. The van der Waals surface area contributed by atoms with Crippen LogP contribution in [0.25, 0.3) is 0 Å². The van der Waals surface area contributed by atoms with Gasteiger partial charge in [0.15, 0.2) is 6.10 Å². The molecule has 0 amide bonds. The quantitative estimate of drug-likeness (QED) is 0.895. The molecule has 132 valence electrons. The minimum atomic E-state index is -0.920. The summed E-state index contributed by atoms with van der Waals surface area (Å²) in [5.41, 5.74) is 2.07. The summed E-state index contributed by atoms with van der Waals surface area (Å²) >= 11 is 0. The first-order chi connectivity index (χ1) is 12.1. The summed E-state index contributed by atoms with van der Waals surface area (Å²) in [6, 6.07) is 15.4. The van der Waals surface area contributed by atoms with E-state index in [1.54, 1.807) is 14.2 Å². The van der Waals surface area contributed by atoms with Crippen molar-refractivity contribution in [3.63, 3.8) is 0 Å². The molecule has 3 atom stereocenters. The van der Waals surface area contributed by atoms with E-state index < -0.39 is 12.1 Å². The summed E-state index contributed by atoms with van der Waals surface area (Å²) in [6.07, 6.45) is 0.136. The van der Waals surface area contributed by atoms with Crippen molar-refractivity contribution in [1.29, 1.82) is 0 Å². The van der Waals surface area contributed by atoms with Crippen molar-refractivity contribution in [3.05, 3.63) is 59.7 Å². The van der Waals surface area contributed by atoms with Gasteiger partial charge < -0.3 is 19.3 Å². The van der Waals surface area contributed by atoms with Gasteiger partial charge in [-0.1, -0.05) is 24.3 Å². The highest BCUT2D eigenvalue weighted by Gasteiger charge is 2.35. The van der Waals surface area contributed by atoms with E-state index in [4.69, 9.17) is 14.2 Å². The predicted octanol–water partition coefficient (Wildman–Crippen LogP) is 3.79. The third kappa shape index (κ3) is 3.94. The fraction of sp³-hybridized carbons (Fsp3) is 0.350. The summed E-state index contributed by atoms with van der Waals surface area (Å²) in [7, 11) is 3.25. The highest BCUT2D eigenvalue weighted by Crippen LogP contribution is 2.41. The maximum Gasteiger partial charge on any atom is 0.332 e. The number of hydrogen-bond donors (Lipinski definition) is 1. The second-order valence-electron chi connectivity index (χ2n) is 6.17. The zero-order valence-electron chi connectivity index (χ0n) is 14.3. The minimum absolute atomic E-state index is 0.118. The predicted molar refractivity (Wildman–Crippen MR) is 93.2 cm³/mol. The van der Waals surface area contributed by atoms with E-state index >= 15 is 0 Å². The number of hydrogen-bond acceptors (Lipinski definition) is 4. The lowest BCUT2D eigenvalue weighted by molar-refractivity contribution is -0.160.